The lowest BCUT2D eigenvalue weighted by Crippen LogP contribution is -2.23. The summed E-state index contributed by atoms with van der Waals surface area (Å²) in [7, 11) is 0. The van der Waals surface area contributed by atoms with Crippen LogP contribution < -0.4 is 10.6 Å². The van der Waals surface area contributed by atoms with Gasteiger partial charge in [-0.1, -0.05) is 56.6 Å². The third kappa shape index (κ3) is 5.71. The molecule has 3 aromatic carbocycles. The summed E-state index contributed by atoms with van der Waals surface area (Å²) in [6.07, 6.45) is 0. The summed E-state index contributed by atoms with van der Waals surface area (Å²) in [6, 6.07) is 21.8. The number of hydrogen-bond acceptors (Lipinski definition) is 2. The van der Waals surface area contributed by atoms with E-state index in [1.807, 2.05) is 36.4 Å². The number of amides is 2. The summed E-state index contributed by atoms with van der Waals surface area (Å²) in [5, 5.41) is 6.35. The number of anilines is 1. The first-order valence-corrected chi connectivity index (χ1v) is 10.1. The smallest absolute Gasteiger partial charge is 0.255 e. The van der Waals surface area contributed by atoms with Crippen LogP contribution in [0.15, 0.2) is 72.8 Å². The lowest BCUT2D eigenvalue weighted by atomic mass is 9.87. The Labute approximate surface area is 182 Å². The van der Waals surface area contributed by atoms with E-state index in [0.717, 1.165) is 5.56 Å². The maximum Gasteiger partial charge on any atom is 0.255 e. The van der Waals surface area contributed by atoms with Gasteiger partial charge in [0.05, 0.1) is 0 Å². The average Bonchev–Trinajstić information content (AvgIpc) is 2.73. The van der Waals surface area contributed by atoms with Crippen LogP contribution in [0.3, 0.4) is 0 Å². The Hall–Kier alpha value is -3.11. The number of carbonyl (C=O) groups excluding carboxylic acids is 2. The van der Waals surface area contributed by atoms with Crippen molar-refractivity contribution in [1.82, 2.24) is 5.32 Å². The van der Waals surface area contributed by atoms with Crippen LogP contribution in [0.4, 0.5) is 5.69 Å². The van der Waals surface area contributed by atoms with Gasteiger partial charge in [0.25, 0.3) is 11.8 Å². The summed E-state index contributed by atoms with van der Waals surface area (Å²) < 4.78 is 0. The minimum atomic E-state index is -0.202. The quantitative estimate of drug-likeness (QED) is 0.546. The molecule has 0 heterocycles. The van der Waals surface area contributed by atoms with Crippen molar-refractivity contribution in [1.29, 1.82) is 0 Å². The second-order valence-electron chi connectivity index (χ2n) is 8.17. The molecule has 0 aromatic heterocycles. The monoisotopic (exact) mass is 420 g/mol. The van der Waals surface area contributed by atoms with Gasteiger partial charge in [-0.15, -0.1) is 0 Å². The summed E-state index contributed by atoms with van der Waals surface area (Å²) >= 11 is 5.86. The van der Waals surface area contributed by atoms with Gasteiger partial charge in [0.15, 0.2) is 0 Å². The second-order valence-corrected chi connectivity index (χ2v) is 8.60. The summed E-state index contributed by atoms with van der Waals surface area (Å²) in [5.74, 6) is -0.327. The lowest BCUT2D eigenvalue weighted by Gasteiger charge is -2.19. The molecule has 0 bridgehead atoms. The molecule has 2 N–H and O–H groups in total. The fourth-order valence-electron chi connectivity index (χ4n) is 2.92. The standard InChI is InChI=1S/C25H25ClN2O2/c1-25(2,3)20-10-8-18(9-11-20)23(29)27-16-17-4-6-19(7-5-17)24(30)28-22-14-12-21(26)13-15-22/h4-15H,16H2,1-3H3,(H,27,29)(H,28,30). The van der Waals surface area contributed by atoms with Crippen LogP contribution >= 0.6 is 11.6 Å². The molecule has 0 saturated heterocycles. The van der Waals surface area contributed by atoms with E-state index < -0.39 is 0 Å². The Morgan fingerprint density at radius 3 is 1.87 bits per heavy atom. The van der Waals surface area contributed by atoms with Gasteiger partial charge in [-0.3, -0.25) is 9.59 Å². The van der Waals surface area contributed by atoms with Crippen molar-refractivity contribution in [2.45, 2.75) is 32.7 Å². The lowest BCUT2D eigenvalue weighted by molar-refractivity contribution is 0.0949. The van der Waals surface area contributed by atoms with Gasteiger partial charge < -0.3 is 10.6 Å². The number of carbonyl (C=O) groups is 2. The third-order valence-corrected chi connectivity index (χ3v) is 5.04. The highest BCUT2D eigenvalue weighted by atomic mass is 35.5. The molecule has 0 atom stereocenters. The minimum Gasteiger partial charge on any atom is -0.348 e. The van der Waals surface area contributed by atoms with E-state index in [1.165, 1.54) is 5.56 Å². The molecule has 2 amide bonds. The van der Waals surface area contributed by atoms with Crippen molar-refractivity contribution in [2.24, 2.45) is 0 Å². The first-order valence-electron chi connectivity index (χ1n) is 9.77. The van der Waals surface area contributed by atoms with E-state index in [-0.39, 0.29) is 17.2 Å². The number of halogens is 1. The van der Waals surface area contributed by atoms with E-state index in [1.54, 1.807) is 36.4 Å². The maximum absolute atomic E-state index is 12.4. The number of rotatable bonds is 5. The first kappa shape index (κ1) is 21.6. The van der Waals surface area contributed by atoms with Gasteiger partial charge >= 0.3 is 0 Å². The van der Waals surface area contributed by atoms with Crippen LogP contribution in [-0.4, -0.2) is 11.8 Å². The highest BCUT2D eigenvalue weighted by Crippen LogP contribution is 2.22. The Kier molecular flexibility index (Phi) is 6.58. The zero-order valence-electron chi connectivity index (χ0n) is 17.3. The number of benzene rings is 3. The minimum absolute atomic E-state index is 0.0522. The van der Waals surface area contributed by atoms with E-state index in [9.17, 15) is 9.59 Å². The highest BCUT2D eigenvalue weighted by molar-refractivity contribution is 6.30. The van der Waals surface area contributed by atoms with Crippen LogP contribution in [0.2, 0.25) is 5.02 Å². The fraction of sp³-hybridized carbons (Fsp3) is 0.200. The molecule has 30 heavy (non-hydrogen) atoms. The van der Waals surface area contributed by atoms with Crippen molar-refractivity contribution in [3.8, 4) is 0 Å². The van der Waals surface area contributed by atoms with Crippen molar-refractivity contribution in [3.63, 3.8) is 0 Å². The van der Waals surface area contributed by atoms with Crippen molar-refractivity contribution >= 4 is 29.1 Å². The van der Waals surface area contributed by atoms with Crippen molar-refractivity contribution in [3.05, 3.63) is 100 Å². The maximum atomic E-state index is 12.4. The normalized spacial score (nSPS) is 11.1. The van der Waals surface area contributed by atoms with Gasteiger partial charge in [0.1, 0.15) is 0 Å². The zero-order valence-corrected chi connectivity index (χ0v) is 18.1. The molecule has 0 aliphatic carbocycles. The molecule has 0 fully saturated rings. The van der Waals surface area contributed by atoms with Crippen LogP contribution in [-0.2, 0) is 12.0 Å². The van der Waals surface area contributed by atoms with Gasteiger partial charge in [0, 0.05) is 28.4 Å². The average molecular weight is 421 g/mol. The van der Waals surface area contributed by atoms with Crippen LogP contribution in [0.1, 0.15) is 52.6 Å². The Balaban J connectivity index is 1.55. The largest absolute Gasteiger partial charge is 0.348 e. The number of nitrogens with one attached hydrogen (secondary N) is 2. The topological polar surface area (TPSA) is 58.2 Å². The van der Waals surface area contributed by atoms with E-state index >= 15 is 0 Å². The Morgan fingerprint density at radius 1 is 0.767 bits per heavy atom. The van der Waals surface area contributed by atoms with E-state index in [0.29, 0.717) is 28.4 Å². The highest BCUT2D eigenvalue weighted by Gasteiger charge is 2.14. The first-order chi connectivity index (χ1) is 14.2. The summed E-state index contributed by atoms with van der Waals surface area (Å²) in [5.41, 5.74) is 4.00. The predicted molar refractivity (Wildman–Crippen MR) is 122 cm³/mol. The van der Waals surface area contributed by atoms with E-state index in [2.05, 4.69) is 31.4 Å². The molecule has 3 aromatic rings. The predicted octanol–water partition coefficient (Wildman–Crippen LogP) is 5.82. The fourth-order valence-corrected chi connectivity index (χ4v) is 3.04. The SMILES string of the molecule is CC(C)(C)c1ccc(C(=O)NCc2ccc(C(=O)Nc3ccc(Cl)cc3)cc2)cc1. The zero-order chi connectivity index (χ0) is 21.7. The van der Waals surface area contributed by atoms with Crippen LogP contribution in [0.5, 0.6) is 0 Å². The summed E-state index contributed by atoms with van der Waals surface area (Å²) in [6.45, 7) is 6.81. The molecule has 0 aliphatic rings. The second kappa shape index (κ2) is 9.14. The van der Waals surface area contributed by atoms with E-state index in [4.69, 9.17) is 11.6 Å². The third-order valence-electron chi connectivity index (χ3n) is 4.78. The molecule has 0 radical (unpaired) electrons. The molecule has 0 aliphatic heterocycles. The molecule has 0 saturated carbocycles. The van der Waals surface area contributed by atoms with Crippen molar-refractivity contribution < 1.29 is 9.59 Å². The Bertz CT molecular complexity index is 1020. The van der Waals surface area contributed by atoms with Crippen molar-refractivity contribution in [2.75, 3.05) is 5.32 Å². The van der Waals surface area contributed by atoms with Crippen LogP contribution in [0, 0.1) is 0 Å². The molecule has 154 valence electrons. The van der Waals surface area contributed by atoms with Crippen LogP contribution in [0.25, 0.3) is 0 Å². The summed E-state index contributed by atoms with van der Waals surface area (Å²) in [4.78, 5) is 24.7. The molecule has 0 spiro atoms. The molecular weight excluding hydrogens is 396 g/mol. The van der Waals surface area contributed by atoms with Gasteiger partial charge in [-0.2, -0.15) is 0 Å². The van der Waals surface area contributed by atoms with Gasteiger partial charge in [-0.05, 0) is 65.1 Å². The molecule has 3 rings (SSSR count). The van der Waals surface area contributed by atoms with Gasteiger partial charge in [0.2, 0.25) is 0 Å². The molecular formula is C25H25ClN2O2. The van der Waals surface area contributed by atoms with Gasteiger partial charge in [-0.25, -0.2) is 0 Å². The molecule has 4 nitrogen and oxygen atoms in total. The molecule has 0 unspecified atom stereocenters. The Morgan fingerprint density at radius 2 is 1.30 bits per heavy atom. The molecule has 5 heteroatoms. The number of hydrogen-bond donors (Lipinski definition) is 2.